The Balaban J connectivity index is 2.24. The summed E-state index contributed by atoms with van der Waals surface area (Å²) >= 11 is 1.41. The van der Waals surface area contributed by atoms with E-state index >= 15 is 0 Å². The average molecular weight is 283 g/mol. The molecule has 2 rings (SSSR count). The highest BCUT2D eigenvalue weighted by Gasteiger charge is 2.05. The van der Waals surface area contributed by atoms with Gasteiger partial charge in [-0.1, -0.05) is 0 Å². The maximum absolute atomic E-state index is 9.20. The van der Waals surface area contributed by atoms with Crippen molar-refractivity contribution in [2.24, 2.45) is 4.99 Å². The van der Waals surface area contributed by atoms with Crippen LogP contribution in [0.5, 0.6) is 0 Å². The van der Waals surface area contributed by atoms with Gasteiger partial charge >= 0.3 is 0 Å². The largest absolute Gasteiger partial charge is 0.369 e. The van der Waals surface area contributed by atoms with Crippen molar-refractivity contribution in [3.05, 3.63) is 42.2 Å². The Morgan fingerprint density at radius 2 is 2.05 bits per heavy atom. The minimum absolute atomic E-state index is 0.532. The standard InChI is InChI=1S/C14H13N5S/c1-19(2)10-18-13-5-4-12(8-11(13)9-15)20-14-16-6-3-7-17-14/h3-8,10H,1-2H3. The zero-order valence-corrected chi connectivity index (χ0v) is 12.0. The van der Waals surface area contributed by atoms with Crippen molar-refractivity contribution < 1.29 is 0 Å². The van der Waals surface area contributed by atoms with Crippen molar-refractivity contribution in [2.45, 2.75) is 10.1 Å². The molecule has 5 nitrogen and oxygen atoms in total. The molecular weight excluding hydrogens is 270 g/mol. The van der Waals surface area contributed by atoms with E-state index in [1.807, 2.05) is 31.1 Å². The first-order valence-corrected chi connectivity index (χ1v) is 6.70. The summed E-state index contributed by atoms with van der Waals surface area (Å²) in [7, 11) is 3.76. The summed E-state index contributed by atoms with van der Waals surface area (Å²) in [4.78, 5) is 15.3. The van der Waals surface area contributed by atoms with Gasteiger partial charge in [0.25, 0.3) is 0 Å². The fraction of sp³-hybridized carbons (Fsp3) is 0.143. The van der Waals surface area contributed by atoms with E-state index in [0.29, 0.717) is 16.4 Å². The fourth-order valence-electron chi connectivity index (χ4n) is 1.40. The van der Waals surface area contributed by atoms with Crippen molar-refractivity contribution in [1.29, 1.82) is 5.26 Å². The second kappa shape index (κ2) is 6.68. The molecule has 0 amide bonds. The van der Waals surface area contributed by atoms with E-state index < -0.39 is 0 Å². The Bertz CT molecular complexity index is 646. The number of hydrogen-bond donors (Lipinski definition) is 0. The van der Waals surface area contributed by atoms with Crippen LogP contribution < -0.4 is 0 Å². The molecule has 1 aromatic heterocycles. The van der Waals surface area contributed by atoms with Gasteiger partial charge in [-0.15, -0.1) is 0 Å². The predicted octanol–water partition coefficient (Wildman–Crippen LogP) is 2.72. The minimum Gasteiger partial charge on any atom is -0.369 e. The lowest BCUT2D eigenvalue weighted by molar-refractivity contribution is 0.643. The van der Waals surface area contributed by atoms with Crippen molar-refractivity contribution in [2.75, 3.05) is 14.1 Å². The zero-order chi connectivity index (χ0) is 14.4. The van der Waals surface area contributed by atoms with Crippen molar-refractivity contribution in [1.82, 2.24) is 14.9 Å². The van der Waals surface area contributed by atoms with E-state index in [0.717, 1.165) is 4.90 Å². The zero-order valence-electron chi connectivity index (χ0n) is 11.2. The highest BCUT2D eigenvalue weighted by molar-refractivity contribution is 7.99. The summed E-state index contributed by atoms with van der Waals surface area (Å²) in [6.07, 6.45) is 5.05. The van der Waals surface area contributed by atoms with Gasteiger partial charge in [0.1, 0.15) is 6.07 Å². The first kappa shape index (κ1) is 14.0. The Labute approximate surface area is 122 Å². The van der Waals surface area contributed by atoms with E-state index in [1.54, 1.807) is 30.9 Å². The van der Waals surface area contributed by atoms with E-state index in [4.69, 9.17) is 0 Å². The lowest BCUT2D eigenvalue weighted by atomic mass is 10.2. The molecule has 100 valence electrons. The van der Waals surface area contributed by atoms with E-state index in [1.165, 1.54) is 11.8 Å². The van der Waals surface area contributed by atoms with Crippen LogP contribution in [0, 0.1) is 11.3 Å². The molecule has 0 aliphatic carbocycles. The maximum Gasteiger partial charge on any atom is 0.192 e. The Hall–Kier alpha value is -2.39. The van der Waals surface area contributed by atoms with Crippen molar-refractivity contribution >= 4 is 23.8 Å². The molecule has 0 aliphatic heterocycles. The summed E-state index contributed by atoms with van der Waals surface area (Å²) in [6, 6.07) is 9.45. The van der Waals surface area contributed by atoms with E-state index in [2.05, 4.69) is 21.0 Å². The third-order valence-electron chi connectivity index (χ3n) is 2.27. The minimum atomic E-state index is 0.532. The number of hydrogen-bond acceptors (Lipinski definition) is 5. The van der Waals surface area contributed by atoms with Gasteiger partial charge in [0.05, 0.1) is 17.6 Å². The molecule has 0 N–H and O–H groups in total. The number of aromatic nitrogens is 2. The first-order valence-electron chi connectivity index (χ1n) is 5.88. The molecule has 0 atom stereocenters. The van der Waals surface area contributed by atoms with Crippen LogP contribution in [-0.4, -0.2) is 35.3 Å². The number of nitriles is 1. The molecule has 0 radical (unpaired) electrons. The topological polar surface area (TPSA) is 65.2 Å². The second-order valence-corrected chi connectivity index (χ2v) is 5.17. The number of nitrogens with zero attached hydrogens (tertiary/aromatic N) is 5. The number of rotatable bonds is 4. The van der Waals surface area contributed by atoms with E-state index in [9.17, 15) is 5.26 Å². The van der Waals surface area contributed by atoms with Gasteiger partial charge < -0.3 is 4.90 Å². The molecular formula is C14H13N5S. The fourth-order valence-corrected chi connectivity index (χ4v) is 2.15. The molecule has 6 heteroatoms. The van der Waals surface area contributed by atoms with Crippen molar-refractivity contribution in [3.8, 4) is 6.07 Å². The SMILES string of the molecule is CN(C)C=Nc1ccc(Sc2ncccn2)cc1C#N. The Morgan fingerprint density at radius 1 is 1.30 bits per heavy atom. The molecule has 0 bridgehead atoms. The molecule has 0 unspecified atom stereocenters. The molecule has 20 heavy (non-hydrogen) atoms. The average Bonchev–Trinajstić information content (AvgIpc) is 2.46. The third kappa shape index (κ3) is 3.80. The van der Waals surface area contributed by atoms with Crippen LogP contribution >= 0.6 is 11.8 Å². The molecule has 2 aromatic rings. The number of aliphatic imine (C=N–C) groups is 1. The van der Waals surface area contributed by atoms with Crippen LogP contribution in [0.3, 0.4) is 0 Å². The lowest BCUT2D eigenvalue weighted by Crippen LogP contribution is -2.07. The summed E-state index contributed by atoms with van der Waals surface area (Å²) in [5.74, 6) is 0. The normalized spacial score (nSPS) is 10.4. The van der Waals surface area contributed by atoms with Crippen LogP contribution in [0.25, 0.3) is 0 Å². The first-order chi connectivity index (χ1) is 9.69. The summed E-state index contributed by atoms with van der Waals surface area (Å²) < 4.78 is 0. The quantitative estimate of drug-likeness (QED) is 0.490. The van der Waals surface area contributed by atoms with Crippen LogP contribution in [0.15, 0.2) is 51.7 Å². The highest BCUT2D eigenvalue weighted by Crippen LogP contribution is 2.28. The molecule has 1 heterocycles. The summed E-state index contributed by atoms with van der Waals surface area (Å²) in [5, 5.41) is 9.85. The van der Waals surface area contributed by atoms with Gasteiger partial charge in [-0.2, -0.15) is 5.26 Å². The van der Waals surface area contributed by atoms with Crippen LogP contribution in [0.2, 0.25) is 0 Å². The molecule has 0 fully saturated rings. The smallest absolute Gasteiger partial charge is 0.192 e. The summed E-state index contributed by atoms with van der Waals surface area (Å²) in [5.41, 5.74) is 1.18. The monoisotopic (exact) mass is 283 g/mol. The lowest BCUT2D eigenvalue weighted by Gasteiger charge is -2.05. The highest BCUT2D eigenvalue weighted by atomic mass is 32.2. The third-order valence-corrected chi connectivity index (χ3v) is 3.15. The number of benzene rings is 1. The van der Waals surface area contributed by atoms with Gasteiger partial charge in [-0.05, 0) is 36.0 Å². The maximum atomic E-state index is 9.20. The van der Waals surface area contributed by atoms with Gasteiger partial charge in [0.15, 0.2) is 5.16 Å². The van der Waals surface area contributed by atoms with Gasteiger partial charge in [-0.3, -0.25) is 0 Å². The molecule has 0 saturated carbocycles. The van der Waals surface area contributed by atoms with Crippen LogP contribution in [-0.2, 0) is 0 Å². The van der Waals surface area contributed by atoms with Gasteiger partial charge in [0.2, 0.25) is 0 Å². The van der Waals surface area contributed by atoms with Gasteiger partial charge in [0, 0.05) is 31.4 Å². The summed E-state index contributed by atoms with van der Waals surface area (Å²) in [6.45, 7) is 0. The Morgan fingerprint density at radius 3 is 2.70 bits per heavy atom. The van der Waals surface area contributed by atoms with Crippen LogP contribution in [0.1, 0.15) is 5.56 Å². The second-order valence-electron chi connectivity index (χ2n) is 4.13. The van der Waals surface area contributed by atoms with Gasteiger partial charge in [-0.25, -0.2) is 15.0 Å². The molecule has 0 spiro atoms. The van der Waals surface area contributed by atoms with E-state index in [-0.39, 0.29) is 0 Å². The van der Waals surface area contributed by atoms with Crippen LogP contribution in [0.4, 0.5) is 5.69 Å². The molecule has 0 saturated heterocycles. The van der Waals surface area contributed by atoms with Crippen molar-refractivity contribution in [3.63, 3.8) is 0 Å². The predicted molar refractivity (Wildman–Crippen MR) is 79.2 cm³/mol. The Kier molecular flexibility index (Phi) is 4.69. The molecule has 0 aliphatic rings. The molecule has 1 aromatic carbocycles.